The lowest BCUT2D eigenvalue weighted by molar-refractivity contribution is 0.124. The highest BCUT2D eigenvalue weighted by molar-refractivity contribution is 5.84. The second-order valence-electron chi connectivity index (χ2n) is 7.91. The van der Waals surface area contributed by atoms with Gasteiger partial charge in [0.15, 0.2) is 11.6 Å². The molecular weight excluding hydrogens is 309 g/mol. The van der Waals surface area contributed by atoms with E-state index in [9.17, 15) is 13.2 Å². The smallest absolute Gasteiger partial charge is 0.169 e. The lowest BCUT2D eigenvalue weighted by atomic mass is 9.64. The number of halogens is 3. The quantitative estimate of drug-likeness (QED) is 0.553. The Morgan fingerprint density at radius 2 is 1.58 bits per heavy atom. The van der Waals surface area contributed by atoms with Gasteiger partial charge in [0.1, 0.15) is 5.82 Å². The average Bonchev–Trinajstić information content (AvgIpc) is 2.57. The monoisotopic (exact) mass is 332 g/mol. The standard InChI is InChI=1S/C21H23F3/c1-12-2-3-14-9-15(5-4-13(14)8-12)17-10-16-6-7-18(22)21(24)20(16)19(23)11-17/h6-7,10-15H,2-5,8-9H2,1H3/t12-,13?,14-,15?/m1/s1. The van der Waals surface area contributed by atoms with Crippen LogP contribution in [0.1, 0.15) is 56.9 Å². The predicted octanol–water partition coefficient (Wildman–Crippen LogP) is 6.58. The van der Waals surface area contributed by atoms with Crippen molar-refractivity contribution >= 4 is 10.8 Å². The average molecular weight is 332 g/mol. The van der Waals surface area contributed by atoms with Crippen LogP contribution in [0, 0.1) is 35.2 Å². The lowest BCUT2D eigenvalue weighted by Gasteiger charge is -2.41. The molecule has 0 nitrogen and oxygen atoms in total. The van der Waals surface area contributed by atoms with Crippen LogP contribution in [0.15, 0.2) is 24.3 Å². The summed E-state index contributed by atoms with van der Waals surface area (Å²) in [4.78, 5) is 0. The Morgan fingerprint density at radius 3 is 2.42 bits per heavy atom. The van der Waals surface area contributed by atoms with Gasteiger partial charge in [-0.1, -0.05) is 25.5 Å². The molecule has 0 bridgehead atoms. The van der Waals surface area contributed by atoms with Crippen LogP contribution in [0.3, 0.4) is 0 Å². The molecule has 0 aromatic heterocycles. The van der Waals surface area contributed by atoms with E-state index in [2.05, 4.69) is 6.92 Å². The molecule has 0 spiro atoms. The van der Waals surface area contributed by atoms with Crippen molar-refractivity contribution in [2.75, 3.05) is 0 Å². The third kappa shape index (κ3) is 2.72. The molecule has 2 fully saturated rings. The van der Waals surface area contributed by atoms with Gasteiger partial charge in [-0.05, 0) is 78.9 Å². The molecule has 0 aliphatic heterocycles. The maximum Gasteiger partial charge on any atom is 0.169 e. The Labute approximate surface area is 141 Å². The molecular formula is C21H23F3. The lowest BCUT2D eigenvalue weighted by Crippen LogP contribution is -2.29. The fraction of sp³-hybridized carbons (Fsp3) is 0.524. The van der Waals surface area contributed by atoms with Gasteiger partial charge in [-0.3, -0.25) is 0 Å². The van der Waals surface area contributed by atoms with E-state index in [0.717, 1.165) is 42.2 Å². The van der Waals surface area contributed by atoms with E-state index in [1.807, 2.05) is 6.07 Å². The molecule has 24 heavy (non-hydrogen) atoms. The molecule has 2 aliphatic carbocycles. The molecule has 0 amide bonds. The molecule has 0 radical (unpaired) electrons. The Balaban J connectivity index is 1.64. The molecule has 4 atom stereocenters. The summed E-state index contributed by atoms with van der Waals surface area (Å²) in [5, 5.41) is 0.238. The molecule has 2 aromatic carbocycles. The van der Waals surface area contributed by atoms with Crippen molar-refractivity contribution in [1.82, 2.24) is 0 Å². The van der Waals surface area contributed by atoms with Crippen LogP contribution in [-0.4, -0.2) is 0 Å². The number of fused-ring (bicyclic) bond motifs is 2. The fourth-order valence-corrected chi connectivity index (χ4v) is 5.03. The first-order valence-corrected chi connectivity index (χ1v) is 9.10. The molecule has 2 aliphatic rings. The first-order chi connectivity index (χ1) is 11.5. The van der Waals surface area contributed by atoms with E-state index >= 15 is 0 Å². The summed E-state index contributed by atoms with van der Waals surface area (Å²) in [6.45, 7) is 2.34. The van der Waals surface area contributed by atoms with Gasteiger partial charge in [0.2, 0.25) is 0 Å². The Hall–Kier alpha value is -1.51. The topological polar surface area (TPSA) is 0 Å². The summed E-state index contributed by atoms with van der Waals surface area (Å²) in [6.07, 6.45) is 7.28. The van der Waals surface area contributed by atoms with Crippen molar-refractivity contribution in [3.05, 3.63) is 47.3 Å². The molecule has 4 rings (SSSR count). The molecule has 2 aromatic rings. The van der Waals surface area contributed by atoms with Gasteiger partial charge in [0.25, 0.3) is 0 Å². The van der Waals surface area contributed by atoms with Crippen LogP contribution in [0.25, 0.3) is 10.8 Å². The van der Waals surface area contributed by atoms with E-state index in [1.54, 1.807) is 0 Å². The van der Waals surface area contributed by atoms with Crippen molar-refractivity contribution in [2.45, 2.75) is 51.4 Å². The fourth-order valence-electron chi connectivity index (χ4n) is 5.03. The second-order valence-corrected chi connectivity index (χ2v) is 7.91. The normalized spacial score (nSPS) is 30.3. The van der Waals surface area contributed by atoms with Gasteiger partial charge >= 0.3 is 0 Å². The van der Waals surface area contributed by atoms with Crippen LogP contribution in [0.4, 0.5) is 13.2 Å². The van der Waals surface area contributed by atoms with E-state index in [1.165, 1.54) is 37.8 Å². The zero-order valence-corrected chi connectivity index (χ0v) is 14.0. The molecule has 2 saturated carbocycles. The number of hydrogen-bond donors (Lipinski definition) is 0. The summed E-state index contributed by atoms with van der Waals surface area (Å²) < 4.78 is 41.7. The third-order valence-corrected chi connectivity index (χ3v) is 6.33. The highest BCUT2D eigenvalue weighted by Crippen LogP contribution is 2.47. The van der Waals surface area contributed by atoms with E-state index in [0.29, 0.717) is 11.3 Å². The summed E-state index contributed by atoms with van der Waals surface area (Å²) in [7, 11) is 0. The van der Waals surface area contributed by atoms with Crippen LogP contribution in [-0.2, 0) is 0 Å². The van der Waals surface area contributed by atoms with Gasteiger partial charge in [0.05, 0.1) is 5.39 Å². The van der Waals surface area contributed by atoms with Gasteiger partial charge < -0.3 is 0 Å². The minimum atomic E-state index is -1.08. The predicted molar refractivity (Wildman–Crippen MR) is 90.4 cm³/mol. The maximum atomic E-state index is 14.4. The van der Waals surface area contributed by atoms with Gasteiger partial charge in [-0.2, -0.15) is 0 Å². The highest BCUT2D eigenvalue weighted by atomic mass is 19.2. The Morgan fingerprint density at radius 1 is 0.833 bits per heavy atom. The number of hydrogen-bond acceptors (Lipinski definition) is 0. The van der Waals surface area contributed by atoms with Gasteiger partial charge in [-0.15, -0.1) is 0 Å². The zero-order chi connectivity index (χ0) is 16.8. The summed E-state index contributed by atoms with van der Waals surface area (Å²) in [5.74, 6) is 0.0161. The number of benzene rings is 2. The second kappa shape index (κ2) is 6.09. The molecule has 0 heterocycles. The van der Waals surface area contributed by atoms with Gasteiger partial charge in [-0.25, -0.2) is 13.2 Å². The van der Waals surface area contributed by atoms with Crippen LogP contribution in [0.5, 0.6) is 0 Å². The van der Waals surface area contributed by atoms with E-state index in [-0.39, 0.29) is 5.39 Å². The first kappa shape index (κ1) is 16.0. The summed E-state index contributed by atoms with van der Waals surface area (Å²) in [5.41, 5.74) is 0.947. The van der Waals surface area contributed by atoms with E-state index < -0.39 is 17.5 Å². The Kier molecular flexibility index (Phi) is 4.06. The highest BCUT2D eigenvalue weighted by Gasteiger charge is 2.35. The molecule has 0 saturated heterocycles. The molecule has 3 heteroatoms. The minimum absolute atomic E-state index is 0.223. The largest absolute Gasteiger partial charge is 0.206 e. The molecule has 128 valence electrons. The van der Waals surface area contributed by atoms with Crippen LogP contribution in [0.2, 0.25) is 0 Å². The Bertz CT molecular complexity index is 767. The van der Waals surface area contributed by atoms with Crippen molar-refractivity contribution in [2.24, 2.45) is 17.8 Å². The van der Waals surface area contributed by atoms with Crippen LogP contribution >= 0.6 is 0 Å². The van der Waals surface area contributed by atoms with Crippen molar-refractivity contribution in [3.63, 3.8) is 0 Å². The third-order valence-electron chi connectivity index (χ3n) is 6.33. The van der Waals surface area contributed by atoms with Crippen LogP contribution < -0.4 is 0 Å². The number of rotatable bonds is 1. The van der Waals surface area contributed by atoms with Gasteiger partial charge in [0, 0.05) is 0 Å². The maximum absolute atomic E-state index is 14.4. The van der Waals surface area contributed by atoms with Crippen molar-refractivity contribution in [1.29, 1.82) is 0 Å². The molecule has 0 N–H and O–H groups in total. The zero-order valence-electron chi connectivity index (χ0n) is 14.0. The van der Waals surface area contributed by atoms with E-state index in [4.69, 9.17) is 0 Å². The molecule has 2 unspecified atom stereocenters. The minimum Gasteiger partial charge on any atom is -0.206 e. The van der Waals surface area contributed by atoms with Crippen molar-refractivity contribution in [3.8, 4) is 0 Å². The SMILES string of the molecule is C[C@@H]1CC[C@@H]2CC(c3cc(F)c4c(F)c(F)ccc4c3)CCC2C1. The summed E-state index contributed by atoms with van der Waals surface area (Å²) in [6, 6.07) is 5.85. The van der Waals surface area contributed by atoms with Crippen molar-refractivity contribution < 1.29 is 13.2 Å². The first-order valence-electron chi connectivity index (χ1n) is 9.10. The summed E-state index contributed by atoms with van der Waals surface area (Å²) >= 11 is 0.